The van der Waals surface area contributed by atoms with Crippen molar-refractivity contribution in [2.45, 2.75) is 132 Å². The second-order valence-electron chi connectivity index (χ2n) is 23.8. The average molecular weight is 1450 g/mol. The molecule has 12 amide bonds. The van der Waals surface area contributed by atoms with Gasteiger partial charge in [0.05, 0.1) is 38.8 Å². The van der Waals surface area contributed by atoms with Crippen LogP contribution in [-0.2, 0) is 92.7 Å². The van der Waals surface area contributed by atoms with E-state index in [9.17, 15) is 112 Å². The lowest BCUT2D eigenvalue weighted by Gasteiger charge is -2.29. The van der Waals surface area contributed by atoms with Gasteiger partial charge in [-0.3, -0.25) is 76.7 Å². The lowest BCUT2D eigenvalue weighted by atomic mass is 9.96. The summed E-state index contributed by atoms with van der Waals surface area (Å²) in [5.74, 6) is -28.3. The van der Waals surface area contributed by atoms with Crippen LogP contribution in [0.15, 0.2) is 90.9 Å². The third-order valence-corrected chi connectivity index (χ3v) is 15.9. The summed E-state index contributed by atoms with van der Waals surface area (Å²) in [5, 5.41) is 95.8. The van der Waals surface area contributed by atoms with Gasteiger partial charge >= 0.3 is 29.8 Å². The molecule has 556 valence electrons. The number of ether oxygens (including phenoxy) is 1. The zero-order chi connectivity index (χ0) is 76.8. The second kappa shape index (κ2) is 37.0. The lowest BCUT2D eigenvalue weighted by Crippen LogP contribution is -2.62. The van der Waals surface area contributed by atoms with Crippen LogP contribution in [-0.4, -0.2) is 220 Å². The average Bonchev–Trinajstić information content (AvgIpc) is 1.49. The molecule has 2 aromatic heterocycles. The summed E-state index contributed by atoms with van der Waals surface area (Å²) < 4.78 is 5.82. The SMILES string of the molecule is CCCC(=O)NC(CO)C(=O)NC1C(=O)NC(Cc2c[nH]c3ccccc23)C(=O)NC(CC(=O)O)C(=O)NC(CC(=O)O)C(=O)NC(c2ccc(O)cc2)C(=O)NC(CC(=O)O)C(=O)NCC(=O)NC(C(O)C(N)=O)C(=O)NC(C(C)CC(=O)O)C(=O)NC(=Cc2c[nH]c3ccccc23)C(=O)OC1C. The number of aromatic amines is 2. The van der Waals surface area contributed by atoms with Crippen molar-refractivity contribution in [3.63, 3.8) is 0 Å². The number of nitrogens with two attached hydrogens (primary N) is 1. The molecule has 3 heterocycles. The predicted molar refractivity (Wildman–Crippen MR) is 355 cm³/mol. The predicted octanol–water partition coefficient (Wildman–Crippen LogP) is -4.97. The number of aromatic nitrogens is 2. The van der Waals surface area contributed by atoms with Gasteiger partial charge in [0, 0.05) is 52.6 Å². The van der Waals surface area contributed by atoms with Crippen molar-refractivity contribution in [2.75, 3.05) is 13.2 Å². The van der Waals surface area contributed by atoms with Crippen LogP contribution in [0.2, 0.25) is 0 Å². The van der Waals surface area contributed by atoms with Gasteiger partial charge in [-0.1, -0.05) is 62.4 Å². The number of aliphatic hydroxyl groups excluding tert-OH is 2. The number of benzene rings is 3. The second-order valence-corrected chi connectivity index (χ2v) is 23.8. The molecule has 1 saturated heterocycles. The first-order valence-electron chi connectivity index (χ1n) is 31.8. The highest BCUT2D eigenvalue weighted by Crippen LogP contribution is 2.24. The quantitative estimate of drug-likeness (QED) is 0.0242. The van der Waals surface area contributed by atoms with E-state index < -0.39 is 230 Å². The van der Waals surface area contributed by atoms with E-state index in [0.717, 1.165) is 44.2 Å². The van der Waals surface area contributed by atoms with Crippen LogP contribution < -0.4 is 64.2 Å². The molecule has 39 heteroatoms. The Labute approximate surface area is 587 Å². The lowest BCUT2D eigenvalue weighted by molar-refractivity contribution is -0.150. The van der Waals surface area contributed by atoms with E-state index in [1.165, 1.54) is 12.4 Å². The van der Waals surface area contributed by atoms with Gasteiger partial charge in [-0.15, -0.1) is 0 Å². The van der Waals surface area contributed by atoms with Crippen molar-refractivity contribution in [3.8, 4) is 5.75 Å². The summed E-state index contributed by atoms with van der Waals surface area (Å²) in [6.45, 7) is 1.24. The number of nitrogens with one attached hydrogen (secondary N) is 13. The van der Waals surface area contributed by atoms with Crippen LogP contribution in [0.3, 0.4) is 0 Å². The van der Waals surface area contributed by atoms with Crippen LogP contribution in [0.25, 0.3) is 27.9 Å². The van der Waals surface area contributed by atoms with Crippen LogP contribution in [0.1, 0.15) is 82.0 Å². The number of para-hydroxylation sites is 2. The number of aromatic hydroxyl groups is 1. The number of carbonyl (C=O) groups excluding carboxylic acids is 13. The Bertz CT molecular complexity index is 4150. The largest absolute Gasteiger partial charge is 0.508 e. The van der Waals surface area contributed by atoms with Crippen LogP contribution in [0, 0.1) is 5.92 Å². The van der Waals surface area contributed by atoms with Gasteiger partial charge < -0.3 is 115 Å². The van der Waals surface area contributed by atoms with Gasteiger partial charge in [0.25, 0.3) is 0 Å². The Morgan fingerprint density at radius 2 is 1.16 bits per heavy atom. The fourth-order valence-corrected chi connectivity index (χ4v) is 10.6. The minimum atomic E-state index is -2.73. The molecule has 0 spiro atoms. The highest BCUT2D eigenvalue weighted by Gasteiger charge is 2.42. The highest BCUT2D eigenvalue weighted by atomic mass is 16.5. The van der Waals surface area contributed by atoms with Crippen LogP contribution in [0.4, 0.5) is 0 Å². The first kappa shape index (κ1) is 80.2. The summed E-state index contributed by atoms with van der Waals surface area (Å²) >= 11 is 0. The van der Waals surface area contributed by atoms with Crippen molar-refractivity contribution in [2.24, 2.45) is 11.7 Å². The first-order valence-corrected chi connectivity index (χ1v) is 31.8. The molecule has 22 N–H and O–H groups in total. The number of carboxylic acid groups (broad SMARTS) is 4. The molecule has 104 heavy (non-hydrogen) atoms. The number of hydrogen-bond acceptors (Lipinski definition) is 21. The summed E-state index contributed by atoms with van der Waals surface area (Å²) in [6, 6.07) is -3.34. The van der Waals surface area contributed by atoms with Gasteiger partial charge in [0.15, 0.2) is 6.10 Å². The summed E-state index contributed by atoms with van der Waals surface area (Å²) in [7, 11) is 0. The number of carboxylic acids is 4. The van der Waals surface area contributed by atoms with Gasteiger partial charge in [-0.05, 0) is 60.7 Å². The Balaban J connectivity index is 1.56. The maximum atomic E-state index is 15.2. The van der Waals surface area contributed by atoms with E-state index >= 15 is 4.79 Å². The van der Waals surface area contributed by atoms with Crippen molar-refractivity contribution in [1.29, 1.82) is 0 Å². The van der Waals surface area contributed by atoms with E-state index in [-0.39, 0.29) is 29.5 Å². The Kier molecular flexibility index (Phi) is 28.5. The van der Waals surface area contributed by atoms with Crippen molar-refractivity contribution in [3.05, 3.63) is 108 Å². The molecule has 0 aliphatic carbocycles. The van der Waals surface area contributed by atoms with Crippen molar-refractivity contribution in [1.82, 2.24) is 68.5 Å². The number of cyclic esters (lactones) is 1. The molecule has 1 fully saturated rings. The topological polar surface area (TPSA) is 631 Å². The van der Waals surface area contributed by atoms with Crippen LogP contribution in [0.5, 0.6) is 5.75 Å². The number of phenolic OH excluding ortho intramolecular Hbond substituents is 1. The van der Waals surface area contributed by atoms with E-state index in [1.807, 2.05) is 21.3 Å². The van der Waals surface area contributed by atoms with Crippen molar-refractivity contribution >= 4 is 129 Å². The Morgan fingerprint density at radius 3 is 1.74 bits per heavy atom. The van der Waals surface area contributed by atoms with E-state index in [2.05, 4.69) is 47.2 Å². The van der Waals surface area contributed by atoms with Gasteiger partial charge in [0.2, 0.25) is 70.9 Å². The standard InChI is InChI=1S/C65H76N14O25/c1-4-9-44(82)70-43(27-80)60(98)78-51-29(3)104-65(103)42(20-32-25-68-37-13-8-6-11-35(32)37)75-61(99)50(28(2)18-46(84)85)77-64(102)53(54(92)55(66)93)76-45(83)26-69-56(94)39(21-47(86)87)74-63(101)52(30-14-16-33(81)17-15-30)79-59(97)41(23-49(90)91)72-58(96)40(22-48(88)89)71-57(95)38(73-62(51)100)19-31-24-67-36-12-7-5-10-34(31)36/h5-8,10-17,20,24-25,28-29,38-41,43,50-54,67-68,80-81,92H,4,9,18-19,21-23,26-27H2,1-3H3,(H2,66,93)(H,69,94)(H,70,82)(H,71,95)(H,72,96)(H,73,100)(H,74,101)(H,75,99)(H,76,83)(H,77,102)(H,78,98)(H,79,97)(H,84,85)(H,86,87)(H,88,89)(H,90,91). The number of aliphatic hydroxyl groups is 2. The number of primary amides is 1. The number of rotatable bonds is 21. The number of carbonyl (C=O) groups is 17. The number of hydrogen-bond donors (Lipinski definition) is 21. The number of aliphatic carboxylic acids is 4. The van der Waals surface area contributed by atoms with E-state index in [1.54, 1.807) is 55.5 Å². The summed E-state index contributed by atoms with van der Waals surface area (Å²) in [6.07, 6.45) is -6.68. The van der Waals surface area contributed by atoms with Crippen LogP contribution >= 0.6 is 0 Å². The minimum absolute atomic E-state index is 0.0969. The molecular formula is C65H76N14O25. The summed E-state index contributed by atoms with van der Waals surface area (Å²) in [5.41, 5.74) is 5.35. The molecule has 1 aliphatic heterocycles. The maximum Gasteiger partial charge on any atom is 0.355 e. The summed E-state index contributed by atoms with van der Waals surface area (Å²) in [4.78, 5) is 240. The Morgan fingerprint density at radius 1 is 0.625 bits per heavy atom. The normalized spacial score (nSPS) is 22.5. The molecule has 0 radical (unpaired) electrons. The number of amides is 12. The smallest absolute Gasteiger partial charge is 0.355 e. The molecule has 0 saturated carbocycles. The van der Waals surface area contributed by atoms with E-state index in [0.29, 0.717) is 21.8 Å². The zero-order valence-electron chi connectivity index (χ0n) is 55.5. The fraction of sp³-hybridized carbons (Fsp3) is 0.369. The molecule has 6 rings (SSSR count). The molecule has 5 aromatic rings. The molecule has 12 atom stereocenters. The molecule has 39 nitrogen and oxygen atoms in total. The molecule has 12 unspecified atom stereocenters. The maximum absolute atomic E-state index is 15.2. The Hall–Kier alpha value is -12.8. The third-order valence-electron chi connectivity index (χ3n) is 15.9. The van der Waals surface area contributed by atoms with Gasteiger partial charge in [-0.25, -0.2) is 4.79 Å². The molecule has 3 aromatic carbocycles. The fourth-order valence-electron chi connectivity index (χ4n) is 10.6. The van der Waals surface area contributed by atoms with Gasteiger partial charge in [-0.2, -0.15) is 0 Å². The minimum Gasteiger partial charge on any atom is -0.508 e. The third kappa shape index (κ3) is 22.6. The first-order chi connectivity index (χ1) is 49.2. The highest BCUT2D eigenvalue weighted by molar-refractivity contribution is 6.05. The monoisotopic (exact) mass is 1450 g/mol. The number of phenols is 1. The molecule has 1 aliphatic rings. The number of esters is 1. The van der Waals surface area contributed by atoms with Crippen molar-refractivity contribution < 1.29 is 122 Å². The molecular weight excluding hydrogens is 1380 g/mol. The number of fused-ring (bicyclic) bond motifs is 2. The molecule has 0 bridgehead atoms. The zero-order valence-corrected chi connectivity index (χ0v) is 55.5. The van der Waals surface area contributed by atoms with Gasteiger partial charge in [0.1, 0.15) is 71.9 Å². The number of H-pyrrole nitrogens is 2. The van der Waals surface area contributed by atoms with E-state index in [4.69, 9.17) is 10.5 Å².